The summed E-state index contributed by atoms with van der Waals surface area (Å²) in [6, 6.07) is 0. The smallest absolute Gasteiger partial charge is 0.344 e. The lowest BCUT2D eigenvalue weighted by Crippen LogP contribution is -2.39. The number of hydrogen-bond donors (Lipinski definition) is 0. The summed E-state index contributed by atoms with van der Waals surface area (Å²) in [5, 5.41) is 0. The zero-order valence-electron chi connectivity index (χ0n) is 11.8. The largest absolute Gasteiger partial charge is 0.457 e. The van der Waals surface area contributed by atoms with Gasteiger partial charge in [0.15, 0.2) is 6.61 Å². The second-order valence-corrected chi connectivity index (χ2v) is 5.81. The van der Waals surface area contributed by atoms with Crippen LogP contribution in [0.4, 0.5) is 0 Å². The van der Waals surface area contributed by atoms with Gasteiger partial charge in [0.25, 0.3) is 0 Å². The third-order valence-corrected chi connectivity index (χ3v) is 3.77. The molecule has 0 aromatic heterocycles. The Morgan fingerprint density at radius 1 is 1.17 bits per heavy atom. The molecule has 4 heteroatoms. The fraction of sp³-hybridized carbons (Fsp3) is 0.857. The van der Waals surface area contributed by atoms with Crippen molar-refractivity contribution in [2.75, 3.05) is 6.61 Å². The van der Waals surface area contributed by atoms with Gasteiger partial charge in [0, 0.05) is 6.92 Å². The number of hydrogen-bond acceptors (Lipinski definition) is 4. The van der Waals surface area contributed by atoms with E-state index in [9.17, 15) is 9.59 Å². The molecule has 1 rings (SSSR count). The van der Waals surface area contributed by atoms with E-state index in [-0.39, 0.29) is 6.61 Å². The summed E-state index contributed by atoms with van der Waals surface area (Å²) in [5.41, 5.74) is -0.475. The van der Waals surface area contributed by atoms with E-state index in [0.717, 1.165) is 18.8 Å². The molecular formula is C14H24O4. The Kier molecular flexibility index (Phi) is 5.17. The van der Waals surface area contributed by atoms with Crippen molar-refractivity contribution >= 4 is 11.9 Å². The second kappa shape index (κ2) is 6.21. The average Bonchev–Trinajstić information content (AvgIpc) is 2.26. The fourth-order valence-corrected chi connectivity index (χ4v) is 2.52. The Hall–Kier alpha value is -1.06. The number of carbonyl (C=O) groups excluding carboxylic acids is 2. The molecule has 0 N–H and O–H groups in total. The zero-order chi connectivity index (χ0) is 13.8. The van der Waals surface area contributed by atoms with E-state index < -0.39 is 17.5 Å². The van der Waals surface area contributed by atoms with Gasteiger partial charge in [-0.3, -0.25) is 4.79 Å². The van der Waals surface area contributed by atoms with Crippen LogP contribution in [0.5, 0.6) is 0 Å². The quantitative estimate of drug-likeness (QED) is 0.726. The minimum absolute atomic E-state index is 0.290. The van der Waals surface area contributed by atoms with Gasteiger partial charge in [-0.2, -0.15) is 0 Å². The first kappa shape index (κ1) is 15.0. The summed E-state index contributed by atoms with van der Waals surface area (Å²) in [5.74, 6) is 0.244. The van der Waals surface area contributed by atoms with Crippen molar-refractivity contribution < 1.29 is 19.1 Å². The molecule has 4 nitrogen and oxygen atoms in total. The standard InChI is InChI=1S/C14H24O4/c1-10-5-7-12(8-6-10)14(3,4)18-13(16)9-17-11(2)15/h10,12H,5-9H2,1-4H3. The molecule has 0 amide bonds. The molecule has 0 bridgehead atoms. The topological polar surface area (TPSA) is 52.6 Å². The van der Waals surface area contributed by atoms with Crippen LogP contribution in [0.3, 0.4) is 0 Å². The van der Waals surface area contributed by atoms with Crippen LogP contribution in [0.2, 0.25) is 0 Å². The van der Waals surface area contributed by atoms with Gasteiger partial charge in [0.05, 0.1) is 0 Å². The predicted octanol–water partition coefficient (Wildman–Crippen LogP) is 2.70. The molecule has 1 fully saturated rings. The Labute approximate surface area is 109 Å². The lowest BCUT2D eigenvalue weighted by Gasteiger charge is -2.38. The fourth-order valence-electron chi connectivity index (χ4n) is 2.52. The zero-order valence-corrected chi connectivity index (χ0v) is 11.8. The molecule has 0 aromatic rings. The summed E-state index contributed by atoms with van der Waals surface area (Å²) in [7, 11) is 0. The Bertz CT molecular complexity index is 301. The number of carbonyl (C=O) groups is 2. The van der Waals surface area contributed by atoms with Crippen LogP contribution in [0, 0.1) is 11.8 Å². The van der Waals surface area contributed by atoms with Gasteiger partial charge in [-0.05, 0) is 38.5 Å². The van der Waals surface area contributed by atoms with Gasteiger partial charge >= 0.3 is 11.9 Å². The van der Waals surface area contributed by atoms with E-state index in [1.165, 1.54) is 19.8 Å². The van der Waals surface area contributed by atoms with Gasteiger partial charge in [-0.15, -0.1) is 0 Å². The summed E-state index contributed by atoms with van der Waals surface area (Å²) in [6.45, 7) is 7.14. The number of rotatable bonds is 4. The molecule has 0 aliphatic heterocycles. The highest BCUT2D eigenvalue weighted by atomic mass is 16.6. The Morgan fingerprint density at radius 2 is 1.72 bits per heavy atom. The summed E-state index contributed by atoms with van der Waals surface area (Å²) >= 11 is 0. The number of ether oxygens (including phenoxy) is 2. The van der Waals surface area contributed by atoms with E-state index in [2.05, 4.69) is 11.7 Å². The molecule has 0 radical (unpaired) electrons. The third kappa shape index (κ3) is 4.67. The number of esters is 2. The van der Waals surface area contributed by atoms with Gasteiger partial charge < -0.3 is 9.47 Å². The minimum atomic E-state index is -0.475. The van der Waals surface area contributed by atoms with Crippen LogP contribution in [0.15, 0.2) is 0 Å². The molecule has 0 unspecified atom stereocenters. The molecule has 1 saturated carbocycles. The van der Waals surface area contributed by atoms with Crippen molar-refractivity contribution in [3.63, 3.8) is 0 Å². The molecule has 0 spiro atoms. The van der Waals surface area contributed by atoms with E-state index in [4.69, 9.17) is 4.74 Å². The van der Waals surface area contributed by atoms with Crippen molar-refractivity contribution in [3.8, 4) is 0 Å². The van der Waals surface area contributed by atoms with Crippen LogP contribution in [0.25, 0.3) is 0 Å². The van der Waals surface area contributed by atoms with E-state index in [0.29, 0.717) is 5.92 Å². The molecule has 0 aromatic carbocycles. The van der Waals surface area contributed by atoms with Gasteiger partial charge in [-0.25, -0.2) is 4.79 Å². The van der Waals surface area contributed by atoms with Gasteiger partial charge in [0.1, 0.15) is 5.60 Å². The first-order chi connectivity index (χ1) is 8.31. The van der Waals surface area contributed by atoms with Gasteiger partial charge in [0.2, 0.25) is 0 Å². The average molecular weight is 256 g/mol. The predicted molar refractivity (Wildman–Crippen MR) is 67.9 cm³/mol. The molecule has 1 aliphatic carbocycles. The molecule has 104 valence electrons. The molecule has 0 atom stereocenters. The van der Waals surface area contributed by atoms with Crippen LogP contribution >= 0.6 is 0 Å². The summed E-state index contributed by atoms with van der Waals surface area (Å²) in [6.07, 6.45) is 4.56. The highest BCUT2D eigenvalue weighted by molar-refractivity contribution is 5.75. The summed E-state index contributed by atoms with van der Waals surface area (Å²) < 4.78 is 10.1. The van der Waals surface area contributed by atoms with Gasteiger partial charge in [-0.1, -0.05) is 19.8 Å². The van der Waals surface area contributed by atoms with Crippen LogP contribution in [0.1, 0.15) is 53.4 Å². The maximum absolute atomic E-state index is 11.6. The lowest BCUT2D eigenvalue weighted by atomic mass is 9.75. The molecule has 1 aliphatic rings. The Morgan fingerprint density at radius 3 is 2.22 bits per heavy atom. The van der Waals surface area contributed by atoms with Crippen molar-refractivity contribution in [2.24, 2.45) is 11.8 Å². The monoisotopic (exact) mass is 256 g/mol. The first-order valence-corrected chi connectivity index (χ1v) is 6.66. The lowest BCUT2D eigenvalue weighted by molar-refractivity contribution is -0.172. The third-order valence-electron chi connectivity index (χ3n) is 3.77. The normalized spacial score (nSPS) is 24.4. The van der Waals surface area contributed by atoms with Crippen molar-refractivity contribution in [2.45, 2.75) is 59.0 Å². The van der Waals surface area contributed by atoms with Crippen LogP contribution in [-0.2, 0) is 19.1 Å². The molecular weight excluding hydrogens is 232 g/mol. The SMILES string of the molecule is CC(=O)OCC(=O)OC(C)(C)C1CCC(C)CC1. The minimum Gasteiger partial charge on any atom is -0.457 e. The highest BCUT2D eigenvalue weighted by Gasteiger charge is 2.35. The molecule has 0 saturated heterocycles. The second-order valence-electron chi connectivity index (χ2n) is 5.81. The van der Waals surface area contributed by atoms with E-state index in [1.807, 2.05) is 13.8 Å². The Balaban J connectivity index is 2.43. The van der Waals surface area contributed by atoms with Crippen LogP contribution in [-0.4, -0.2) is 24.1 Å². The van der Waals surface area contributed by atoms with E-state index in [1.54, 1.807) is 0 Å². The molecule has 18 heavy (non-hydrogen) atoms. The summed E-state index contributed by atoms with van der Waals surface area (Å²) in [4.78, 5) is 22.2. The first-order valence-electron chi connectivity index (χ1n) is 6.66. The maximum atomic E-state index is 11.6. The van der Waals surface area contributed by atoms with E-state index >= 15 is 0 Å². The van der Waals surface area contributed by atoms with Crippen molar-refractivity contribution in [3.05, 3.63) is 0 Å². The van der Waals surface area contributed by atoms with Crippen LogP contribution < -0.4 is 0 Å². The maximum Gasteiger partial charge on any atom is 0.344 e. The van der Waals surface area contributed by atoms with Crippen molar-refractivity contribution in [1.82, 2.24) is 0 Å². The highest BCUT2D eigenvalue weighted by Crippen LogP contribution is 2.37. The molecule has 0 heterocycles. The van der Waals surface area contributed by atoms with Crippen molar-refractivity contribution in [1.29, 1.82) is 0 Å².